The Morgan fingerprint density at radius 2 is 2.53 bits per heavy atom. The second-order valence-electron chi connectivity index (χ2n) is 4.33. The molecule has 4 heteroatoms. The first kappa shape index (κ1) is 12.0. The molecule has 1 aromatic heterocycles. The lowest BCUT2D eigenvalue weighted by atomic mass is 10.1. The first-order chi connectivity index (χ1) is 8.31. The molecule has 2 heterocycles. The van der Waals surface area contributed by atoms with E-state index in [4.69, 9.17) is 0 Å². The van der Waals surface area contributed by atoms with E-state index in [-0.39, 0.29) is 11.9 Å². The molecule has 0 spiro atoms. The van der Waals surface area contributed by atoms with E-state index in [0.29, 0.717) is 6.54 Å². The molecule has 17 heavy (non-hydrogen) atoms. The van der Waals surface area contributed by atoms with Crippen molar-refractivity contribution in [3.8, 4) is 0 Å². The van der Waals surface area contributed by atoms with Crippen molar-refractivity contribution in [1.29, 1.82) is 0 Å². The van der Waals surface area contributed by atoms with E-state index in [1.54, 1.807) is 6.20 Å². The molecule has 1 fully saturated rings. The number of hydrogen-bond donors (Lipinski definition) is 2. The Morgan fingerprint density at radius 1 is 1.65 bits per heavy atom. The van der Waals surface area contributed by atoms with Gasteiger partial charge < -0.3 is 10.6 Å². The number of nitrogens with one attached hydrogen (secondary N) is 2. The molecule has 4 nitrogen and oxygen atoms in total. The lowest BCUT2D eigenvalue weighted by Gasteiger charge is -2.12. The Hall–Kier alpha value is -1.42. The zero-order valence-electron chi connectivity index (χ0n) is 10.2. The first-order valence-electron chi connectivity index (χ1n) is 6.25. The largest absolute Gasteiger partial charge is 0.349 e. The van der Waals surface area contributed by atoms with E-state index >= 15 is 0 Å². The Morgan fingerprint density at radius 3 is 3.24 bits per heavy atom. The lowest BCUT2D eigenvalue weighted by molar-refractivity contribution is -0.122. The fourth-order valence-electron chi connectivity index (χ4n) is 2.15. The fourth-order valence-corrected chi connectivity index (χ4v) is 2.15. The van der Waals surface area contributed by atoms with E-state index in [0.717, 1.165) is 31.5 Å². The Balaban J connectivity index is 1.90. The van der Waals surface area contributed by atoms with E-state index in [2.05, 4.69) is 28.6 Å². The minimum absolute atomic E-state index is 0.0104. The summed E-state index contributed by atoms with van der Waals surface area (Å²) in [5.74, 6) is 0.0928. The van der Waals surface area contributed by atoms with Gasteiger partial charge in [-0.1, -0.05) is 13.0 Å². The van der Waals surface area contributed by atoms with Gasteiger partial charge in [-0.05, 0) is 37.4 Å². The van der Waals surface area contributed by atoms with Crippen LogP contribution < -0.4 is 10.6 Å². The van der Waals surface area contributed by atoms with Gasteiger partial charge in [-0.2, -0.15) is 0 Å². The maximum Gasteiger partial charge on any atom is 0.237 e. The van der Waals surface area contributed by atoms with Crippen LogP contribution in [0.4, 0.5) is 0 Å². The van der Waals surface area contributed by atoms with Crippen molar-refractivity contribution in [3.05, 3.63) is 29.6 Å². The van der Waals surface area contributed by atoms with E-state index in [9.17, 15) is 4.79 Å². The molecule has 1 saturated heterocycles. The van der Waals surface area contributed by atoms with Crippen molar-refractivity contribution >= 4 is 5.91 Å². The third kappa shape index (κ3) is 3.03. The third-order valence-electron chi connectivity index (χ3n) is 3.17. The maximum atomic E-state index is 11.8. The molecular formula is C13H19N3O. The van der Waals surface area contributed by atoms with Crippen LogP contribution in [0.2, 0.25) is 0 Å². The summed E-state index contributed by atoms with van der Waals surface area (Å²) in [5.41, 5.74) is 2.17. The molecule has 0 aliphatic carbocycles. The Labute approximate surface area is 102 Å². The van der Waals surface area contributed by atoms with E-state index in [1.807, 2.05) is 6.07 Å². The summed E-state index contributed by atoms with van der Waals surface area (Å²) in [4.78, 5) is 16.1. The van der Waals surface area contributed by atoms with Gasteiger partial charge in [0.05, 0.1) is 18.3 Å². The highest BCUT2D eigenvalue weighted by Gasteiger charge is 2.21. The van der Waals surface area contributed by atoms with Crippen LogP contribution in [0.25, 0.3) is 0 Å². The van der Waals surface area contributed by atoms with Gasteiger partial charge in [0.1, 0.15) is 0 Å². The molecule has 2 N–H and O–H groups in total. The molecule has 92 valence electrons. The highest BCUT2D eigenvalue weighted by atomic mass is 16.2. The molecule has 1 aromatic rings. The van der Waals surface area contributed by atoms with Crippen LogP contribution in [0.15, 0.2) is 18.3 Å². The SMILES string of the molecule is CCc1cccnc1CNC(=O)C1CCCN1. The van der Waals surface area contributed by atoms with Crippen molar-refractivity contribution in [2.24, 2.45) is 0 Å². The molecule has 0 aromatic carbocycles. The van der Waals surface area contributed by atoms with Crippen molar-refractivity contribution < 1.29 is 4.79 Å². The van der Waals surface area contributed by atoms with Crippen LogP contribution in [0.5, 0.6) is 0 Å². The van der Waals surface area contributed by atoms with Crippen LogP contribution in [0.3, 0.4) is 0 Å². The zero-order chi connectivity index (χ0) is 12.1. The number of carbonyl (C=O) groups is 1. The van der Waals surface area contributed by atoms with Crippen molar-refractivity contribution in [2.75, 3.05) is 6.54 Å². The third-order valence-corrected chi connectivity index (χ3v) is 3.17. The summed E-state index contributed by atoms with van der Waals surface area (Å²) in [6.45, 7) is 3.57. The number of carbonyl (C=O) groups excluding carboxylic acids is 1. The minimum Gasteiger partial charge on any atom is -0.349 e. The smallest absolute Gasteiger partial charge is 0.237 e. The number of rotatable bonds is 4. The summed E-state index contributed by atoms with van der Waals surface area (Å²) in [6, 6.07) is 3.98. The number of aromatic nitrogens is 1. The van der Waals surface area contributed by atoms with Crippen LogP contribution >= 0.6 is 0 Å². The monoisotopic (exact) mass is 233 g/mol. The predicted octanol–water partition coefficient (Wildman–Crippen LogP) is 1.01. The van der Waals surface area contributed by atoms with Gasteiger partial charge in [-0.15, -0.1) is 0 Å². The van der Waals surface area contributed by atoms with Crippen LogP contribution in [-0.4, -0.2) is 23.5 Å². The molecule has 1 amide bonds. The zero-order valence-corrected chi connectivity index (χ0v) is 10.2. The van der Waals surface area contributed by atoms with Gasteiger partial charge >= 0.3 is 0 Å². The minimum atomic E-state index is -0.0104. The summed E-state index contributed by atoms with van der Waals surface area (Å²) in [7, 11) is 0. The Kier molecular flexibility index (Phi) is 4.09. The number of amides is 1. The molecule has 1 atom stereocenters. The fraction of sp³-hybridized carbons (Fsp3) is 0.538. The molecule has 0 bridgehead atoms. The normalized spacial score (nSPS) is 19.2. The first-order valence-corrected chi connectivity index (χ1v) is 6.25. The average molecular weight is 233 g/mol. The summed E-state index contributed by atoms with van der Waals surface area (Å²) in [6.07, 6.45) is 4.74. The van der Waals surface area contributed by atoms with Crippen molar-refractivity contribution in [3.63, 3.8) is 0 Å². The topological polar surface area (TPSA) is 54.0 Å². The van der Waals surface area contributed by atoms with Gasteiger partial charge in [0.2, 0.25) is 5.91 Å². The second kappa shape index (κ2) is 5.77. The van der Waals surface area contributed by atoms with E-state index < -0.39 is 0 Å². The van der Waals surface area contributed by atoms with Crippen LogP contribution in [0.1, 0.15) is 31.0 Å². The van der Waals surface area contributed by atoms with Gasteiger partial charge in [-0.3, -0.25) is 9.78 Å². The van der Waals surface area contributed by atoms with Gasteiger partial charge in [0.25, 0.3) is 0 Å². The molecule has 1 unspecified atom stereocenters. The molecular weight excluding hydrogens is 214 g/mol. The highest BCUT2D eigenvalue weighted by molar-refractivity contribution is 5.81. The molecule has 2 rings (SSSR count). The summed E-state index contributed by atoms with van der Waals surface area (Å²) in [5, 5.41) is 6.14. The quantitative estimate of drug-likeness (QED) is 0.816. The van der Waals surface area contributed by atoms with Crippen LogP contribution in [-0.2, 0) is 17.8 Å². The molecule has 1 aliphatic rings. The van der Waals surface area contributed by atoms with Crippen LogP contribution in [0, 0.1) is 0 Å². The lowest BCUT2D eigenvalue weighted by Crippen LogP contribution is -2.40. The second-order valence-corrected chi connectivity index (χ2v) is 4.33. The average Bonchev–Trinajstić information content (AvgIpc) is 2.90. The highest BCUT2D eigenvalue weighted by Crippen LogP contribution is 2.07. The van der Waals surface area contributed by atoms with Gasteiger partial charge in [0.15, 0.2) is 0 Å². The molecule has 0 saturated carbocycles. The molecule has 1 aliphatic heterocycles. The van der Waals surface area contributed by atoms with Gasteiger partial charge in [-0.25, -0.2) is 0 Å². The summed E-state index contributed by atoms with van der Waals surface area (Å²) < 4.78 is 0. The number of aryl methyl sites for hydroxylation is 1. The Bertz CT molecular complexity index is 386. The van der Waals surface area contributed by atoms with Crippen molar-refractivity contribution in [1.82, 2.24) is 15.6 Å². The number of hydrogen-bond acceptors (Lipinski definition) is 3. The maximum absolute atomic E-state index is 11.8. The summed E-state index contributed by atoms with van der Waals surface area (Å²) >= 11 is 0. The number of nitrogens with zero attached hydrogens (tertiary/aromatic N) is 1. The standard InChI is InChI=1S/C13H19N3O/c1-2-10-5-3-7-15-12(10)9-16-13(17)11-6-4-8-14-11/h3,5,7,11,14H,2,4,6,8-9H2,1H3,(H,16,17). The van der Waals surface area contributed by atoms with E-state index in [1.165, 1.54) is 5.56 Å². The predicted molar refractivity (Wildman–Crippen MR) is 66.5 cm³/mol. The molecule has 0 radical (unpaired) electrons. The van der Waals surface area contributed by atoms with Crippen molar-refractivity contribution in [2.45, 2.75) is 38.8 Å². The van der Waals surface area contributed by atoms with Gasteiger partial charge in [0, 0.05) is 6.20 Å². The number of pyridine rings is 1.